The number of hydrogen-bond donors (Lipinski definition) is 1. The Bertz CT molecular complexity index is 418. The third-order valence-corrected chi connectivity index (χ3v) is 1.76. The van der Waals surface area contributed by atoms with Crippen LogP contribution in [0.2, 0.25) is 0 Å². The lowest BCUT2D eigenvalue weighted by Crippen LogP contribution is -2.19. The second kappa shape index (κ2) is 6.89. The molecule has 6 heteroatoms. The van der Waals surface area contributed by atoms with Gasteiger partial charge in [0.25, 0.3) is 0 Å². The zero-order valence-corrected chi connectivity index (χ0v) is 9.46. The fraction of sp³-hybridized carbons (Fsp3) is 0.333. The molecule has 98 valence electrons. The quantitative estimate of drug-likeness (QED) is 0.510. The molecule has 0 aromatic heterocycles. The highest BCUT2D eigenvalue weighted by molar-refractivity contribution is 5.38. The molecule has 0 heterocycles. The molecular formula is C12H12F3NO2. The van der Waals surface area contributed by atoms with E-state index in [2.05, 4.69) is 16.6 Å². The van der Waals surface area contributed by atoms with E-state index in [1.807, 2.05) is 0 Å². The average molecular weight is 259 g/mol. The van der Waals surface area contributed by atoms with Crippen LogP contribution in [0, 0.1) is 11.8 Å². The maximum atomic E-state index is 11.7. The molecule has 0 fully saturated rings. The summed E-state index contributed by atoms with van der Waals surface area (Å²) in [4.78, 5) is 0. The predicted molar refractivity (Wildman–Crippen MR) is 59.9 cm³/mol. The first-order valence-corrected chi connectivity index (χ1v) is 5.07. The zero-order chi connectivity index (χ0) is 13.4. The standard InChI is InChI=1S/C12H12F3NO2/c13-12(14,15)8-17-9-18-11-5-3-10(4-6-11)2-1-7-16/h3-6H,7-9,16H2. The summed E-state index contributed by atoms with van der Waals surface area (Å²) in [5.41, 5.74) is 5.97. The summed E-state index contributed by atoms with van der Waals surface area (Å²) in [6, 6.07) is 6.55. The van der Waals surface area contributed by atoms with Gasteiger partial charge in [-0.05, 0) is 24.3 Å². The Morgan fingerprint density at radius 2 is 1.83 bits per heavy atom. The van der Waals surface area contributed by atoms with Crippen molar-refractivity contribution in [2.75, 3.05) is 19.9 Å². The van der Waals surface area contributed by atoms with Crippen molar-refractivity contribution in [2.24, 2.45) is 5.73 Å². The molecule has 18 heavy (non-hydrogen) atoms. The molecule has 2 N–H and O–H groups in total. The first-order chi connectivity index (χ1) is 8.51. The number of benzene rings is 1. The van der Waals surface area contributed by atoms with E-state index in [1.165, 1.54) is 0 Å². The molecule has 0 saturated carbocycles. The van der Waals surface area contributed by atoms with Crippen LogP contribution >= 0.6 is 0 Å². The third kappa shape index (κ3) is 6.13. The van der Waals surface area contributed by atoms with Gasteiger partial charge in [0.2, 0.25) is 0 Å². The van der Waals surface area contributed by atoms with Crippen molar-refractivity contribution in [3.63, 3.8) is 0 Å². The molecular weight excluding hydrogens is 247 g/mol. The van der Waals surface area contributed by atoms with Crippen molar-refractivity contribution in [1.29, 1.82) is 0 Å². The topological polar surface area (TPSA) is 44.5 Å². The van der Waals surface area contributed by atoms with E-state index in [0.717, 1.165) is 5.56 Å². The van der Waals surface area contributed by atoms with Gasteiger partial charge in [0.05, 0.1) is 6.54 Å². The van der Waals surface area contributed by atoms with Gasteiger partial charge in [-0.15, -0.1) is 0 Å². The number of ether oxygens (including phenoxy) is 2. The van der Waals surface area contributed by atoms with Crippen molar-refractivity contribution in [3.8, 4) is 17.6 Å². The minimum absolute atomic E-state index is 0.267. The molecule has 0 amide bonds. The Kier molecular flexibility index (Phi) is 5.49. The summed E-state index contributed by atoms with van der Waals surface area (Å²) in [6.45, 7) is -1.51. The number of rotatable bonds is 4. The normalized spacial score (nSPS) is 10.7. The first-order valence-electron chi connectivity index (χ1n) is 5.07. The van der Waals surface area contributed by atoms with Gasteiger partial charge in [0, 0.05) is 5.56 Å². The Morgan fingerprint density at radius 3 is 2.39 bits per heavy atom. The molecule has 0 bridgehead atoms. The van der Waals surface area contributed by atoms with Gasteiger partial charge in [-0.1, -0.05) is 11.8 Å². The Hall–Kier alpha value is -1.71. The summed E-state index contributed by atoms with van der Waals surface area (Å²) in [5.74, 6) is 5.90. The van der Waals surface area contributed by atoms with E-state index in [0.29, 0.717) is 5.75 Å². The molecule has 0 unspecified atom stereocenters. The molecule has 3 nitrogen and oxygen atoms in total. The van der Waals surface area contributed by atoms with Crippen molar-refractivity contribution in [2.45, 2.75) is 6.18 Å². The van der Waals surface area contributed by atoms with E-state index in [4.69, 9.17) is 10.5 Å². The van der Waals surface area contributed by atoms with Crippen LogP contribution in [0.25, 0.3) is 0 Å². The van der Waals surface area contributed by atoms with E-state index in [1.54, 1.807) is 24.3 Å². The second-order valence-electron chi connectivity index (χ2n) is 3.26. The van der Waals surface area contributed by atoms with Crippen LogP contribution in [0.5, 0.6) is 5.75 Å². The molecule has 0 aliphatic carbocycles. The van der Waals surface area contributed by atoms with Gasteiger partial charge in [-0.3, -0.25) is 0 Å². The van der Waals surface area contributed by atoms with E-state index in [-0.39, 0.29) is 6.54 Å². The molecule has 1 aromatic rings. The summed E-state index contributed by atoms with van der Waals surface area (Å²) < 4.78 is 44.5. The fourth-order valence-electron chi connectivity index (χ4n) is 1.05. The van der Waals surface area contributed by atoms with E-state index < -0.39 is 19.6 Å². The monoisotopic (exact) mass is 259 g/mol. The fourth-order valence-corrected chi connectivity index (χ4v) is 1.05. The molecule has 1 aromatic carbocycles. The summed E-state index contributed by atoms with van der Waals surface area (Å²) in [6.07, 6.45) is -4.34. The van der Waals surface area contributed by atoms with E-state index in [9.17, 15) is 13.2 Å². The number of hydrogen-bond acceptors (Lipinski definition) is 3. The van der Waals surface area contributed by atoms with Crippen LogP contribution in [0.15, 0.2) is 24.3 Å². The van der Waals surface area contributed by atoms with Crippen LogP contribution < -0.4 is 10.5 Å². The lowest BCUT2D eigenvalue weighted by Gasteiger charge is -2.09. The molecule has 1 rings (SSSR count). The van der Waals surface area contributed by atoms with Crippen LogP contribution in [0.1, 0.15) is 5.56 Å². The molecule has 0 aliphatic heterocycles. The molecule has 0 aliphatic rings. The van der Waals surface area contributed by atoms with Crippen molar-refractivity contribution < 1.29 is 22.6 Å². The van der Waals surface area contributed by atoms with Gasteiger partial charge in [-0.25, -0.2) is 0 Å². The summed E-state index contributed by atoms with van der Waals surface area (Å²) in [7, 11) is 0. The number of nitrogens with two attached hydrogens (primary N) is 1. The smallest absolute Gasteiger partial charge is 0.411 e. The summed E-state index contributed by atoms with van der Waals surface area (Å²) in [5, 5.41) is 0. The molecule has 0 spiro atoms. The van der Waals surface area contributed by atoms with Gasteiger partial charge in [0.1, 0.15) is 12.4 Å². The third-order valence-electron chi connectivity index (χ3n) is 1.76. The van der Waals surface area contributed by atoms with E-state index >= 15 is 0 Å². The first kappa shape index (κ1) is 14.4. The highest BCUT2D eigenvalue weighted by Gasteiger charge is 2.27. The predicted octanol–water partition coefficient (Wildman–Crippen LogP) is 1.91. The molecule has 0 radical (unpaired) electrons. The zero-order valence-electron chi connectivity index (χ0n) is 9.46. The summed E-state index contributed by atoms with van der Waals surface area (Å²) >= 11 is 0. The maximum absolute atomic E-state index is 11.7. The SMILES string of the molecule is NCC#Cc1ccc(OCOCC(F)(F)F)cc1. The Labute approximate surface area is 103 Å². The molecule has 0 saturated heterocycles. The van der Waals surface area contributed by atoms with Gasteiger partial charge < -0.3 is 15.2 Å². The number of halogens is 3. The average Bonchev–Trinajstić information content (AvgIpc) is 2.32. The minimum atomic E-state index is -4.34. The van der Waals surface area contributed by atoms with Gasteiger partial charge in [0.15, 0.2) is 6.79 Å². The minimum Gasteiger partial charge on any atom is -0.468 e. The van der Waals surface area contributed by atoms with Crippen molar-refractivity contribution in [1.82, 2.24) is 0 Å². The second-order valence-corrected chi connectivity index (χ2v) is 3.26. The van der Waals surface area contributed by atoms with Crippen molar-refractivity contribution >= 4 is 0 Å². The van der Waals surface area contributed by atoms with Gasteiger partial charge >= 0.3 is 6.18 Å². The van der Waals surface area contributed by atoms with Crippen LogP contribution in [-0.2, 0) is 4.74 Å². The number of alkyl halides is 3. The van der Waals surface area contributed by atoms with Crippen LogP contribution in [-0.4, -0.2) is 26.1 Å². The lowest BCUT2D eigenvalue weighted by molar-refractivity contribution is -0.186. The van der Waals surface area contributed by atoms with Crippen LogP contribution in [0.4, 0.5) is 13.2 Å². The van der Waals surface area contributed by atoms with Crippen LogP contribution in [0.3, 0.4) is 0 Å². The highest BCUT2D eigenvalue weighted by Crippen LogP contribution is 2.15. The highest BCUT2D eigenvalue weighted by atomic mass is 19.4. The van der Waals surface area contributed by atoms with Crippen molar-refractivity contribution in [3.05, 3.63) is 29.8 Å². The lowest BCUT2D eigenvalue weighted by atomic mass is 10.2. The Morgan fingerprint density at radius 1 is 1.17 bits per heavy atom. The maximum Gasteiger partial charge on any atom is 0.411 e. The molecule has 0 atom stereocenters. The van der Waals surface area contributed by atoms with Gasteiger partial charge in [-0.2, -0.15) is 13.2 Å². The largest absolute Gasteiger partial charge is 0.468 e. The Balaban J connectivity index is 2.35.